The van der Waals surface area contributed by atoms with Crippen molar-refractivity contribution in [3.05, 3.63) is 72.6 Å². The number of anilines is 2. The van der Waals surface area contributed by atoms with Crippen molar-refractivity contribution in [1.29, 1.82) is 0 Å². The van der Waals surface area contributed by atoms with Crippen molar-refractivity contribution >= 4 is 29.8 Å². The lowest BCUT2D eigenvalue weighted by atomic mass is 10.1. The lowest BCUT2D eigenvalue weighted by Crippen LogP contribution is -2.27. The molecule has 164 valence electrons. The van der Waals surface area contributed by atoms with Gasteiger partial charge < -0.3 is 14.8 Å². The first-order chi connectivity index (χ1) is 15.2. The summed E-state index contributed by atoms with van der Waals surface area (Å²) < 4.78 is 10.1. The molecule has 0 fully saturated rings. The van der Waals surface area contributed by atoms with E-state index in [1.165, 1.54) is 24.3 Å². The molecule has 3 aromatic rings. The summed E-state index contributed by atoms with van der Waals surface area (Å²) in [5.41, 5.74) is 2.09. The van der Waals surface area contributed by atoms with Crippen molar-refractivity contribution in [3.63, 3.8) is 0 Å². The third kappa shape index (κ3) is 6.15. The lowest BCUT2D eigenvalue weighted by Gasteiger charge is -2.21. The van der Waals surface area contributed by atoms with Crippen LogP contribution in [0.4, 0.5) is 16.2 Å². The summed E-state index contributed by atoms with van der Waals surface area (Å²) in [5, 5.41) is 5.49. The molecule has 2 N–H and O–H groups in total. The summed E-state index contributed by atoms with van der Waals surface area (Å²) >= 11 is 0. The topological polar surface area (TPSA) is 107 Å². The summed E-state index contributed by atoms with van der Waals surface area (Å²) in [7, 11) is 0. The Morgan fingerprint density at radius 1 is 0.938 bits per heavy atom. The Bertz CT molecular complexity index is 1110. The van der Waals surface area contributed by atoms with E-state index >= 15 is 0 Å². The van der Waals surface area contributed by atoms with Gasteiger partial charge in [-0.05, 0) is 68.8 Å². The minimum Gasteiger partial charge on any atom is -0.444 e. The number of nitrogens with zero attached hydrogens (tertiary/aromatic N) is 1. The molecule has 0 saturated carbocycles. The number of carbonyl (C=O) groups excluding carboxylic acids is 3. The number of ether oxygens (including phenoxy) is 2. The Kier molecular flexibility index (Phi) is 6.84. The zero-order valence-corrected chi connectivity index (χ0v) is 17.9. The van der Waals surface area contributed by atoms with Crippen LogP contribution >= 0.6 is 0 Å². The number of hydrogen-bond acceptors (Lipinski definition) is 6. The van der Waals surface area contributed by atoms with Gasteiger partial charge in [-0.25, -0.2) is 4.79 Å². The Hall–Kier alpha value is -4.20. The molecule has 0 aliphatic carbocycles. The Morgan fingerprint density at radius 2 is 1.69 bits per heavy atom. The number of benzene rings is 2. The summed E-state index contributed by atoms with van der Waals surface area (Å²) in [6.07, 6.45) is 2.73. The molecule has 0 unspecified atom stereocenters. The second kappa shape index (κ2) is 9.74. The normalized spacial score (nSPS) is 10.7. The van der Waals surface area contributed by atoms with Crippen LogP contribution in [-0.2, 0) is 9.53 Å². The fourth-order valence-corrected chi connectivity index (χ4v) is 2.82. The van der Waals surface area contributed by atoms with E-state index in [4.69, 9.17) is 9.47 Å². The Morgan fingerprint density at radius 3 is 2.31 bits per heavy atom. The first kappa shape index (κ1) is 22.5. The zero-order valence-electron chi connectivity index (χ0n) is 17.9. The van der Waals surface area contributed by atoms with Crippen LogP contribution in [0.1, 0.15) is 31.1 Å². The SMILES string of the molecule is CC(C)(C)OC(=O)Nc1ccc(-c2cccnc2)cc1NC(=O)c1ccc(OC=O)cc1. The fourth-order valence-electron chi connectivity index (χ4n) is 2.82. The standard InChI is InChI=1S/C24H23N3O5/c1-24(2,3)32-23(30)27-20-11-8-17(18-5-4-12-25-14-18)13-21(20)26-22(29)16-6-9-19(10-7-16)31-15-28/h4-15H,1-3H3,(H,26,29)(H,27,30). The highest BCUT2D eigenvalue weighted by Gasteiger charge is 2.18. The molecular weight excluding hydrogens is 410 g/mol. The van der Waals surface area contributed by atoms with Gasteiger partial charge in [0.15, 0.2) is 0 Å². The molecule has 2 aromatic carbocycles. The first-order valence-electron chi connectivity index (χ1n) is 9.81. The predicted octanol–water partition coefficient (Wildman–Crippen LogP) is 4.88. The number of carbonyl (C=O) groups is 3. The number of rotatable bonds is 6. The first-order valence-corrected chi connectivity index (χ1v) is 9.81. The van der Waals surface area contributed by atoms with E-state index in [1.807, 2.05) is 18.2 Å². The van der Waals surface area contributed by atoms with E-state index in [0.717, 1.165) is 11.1 Å². The van der Waals surface area contributed by atoms with Crippen LogP contribution in [0, 0.1) is 0 Å². The molecule has 0 aliphatic heterocycles. The van der Waals surface area contributed by atoms with E-state index in [9.17, 15) is 14.4 Å². The molecule has 0 spiro atoms. The van der Waals surface area contributed by atoms with E-state index in [2.05, 4.69) is 15.6 Å². The van der Waals surface area contributed by atoms with Crippen molar-refractivity contribution < 1.29 is 23.9 Å². The van der Waals surface area contributed by atoms with Gasteiger partial charge in [0.2, 0.25) is 0 Å². The average Bonchev–Trinajstić information content (AvgIpc) is 2.75. The van der Waals surface area contributed by atoms with Crippen LogP contribution in [0.15, 0.2) is 67.0 Å². The van der Waals surface area contributed by atoms with E-state index < -0.39 is 17.6 Å². The second-order valence-electron chi connectivity index (χ2n) is 7.82. The van der Waals surface area contributed by atoms with Gasteiger partial charge in [0.05, 0.1) is 11.4 Å². The van der Waals surface area contributed by atoms with Crippen molar-refractivity contribution in [3.8, 4) is 16.9 Å². The third-order valence-electron chi connectivity index (χ3n) is 4.20. The maximum Gasteiger partial charge on any atom is 0.412 e. The summed E-state index contributed by atoms with van der Waals surface area (Å²) in [5.74, 6) is -0.0827. The minimum absolute atomic E-state index is 0.313. The molecule has 3 rings (SSSR count). The van der Waals surface area contributed by atoms with E-state index in [-0.39, 0.29) is 0 Å². The van der Waals surface area contributed by atoms with Crippen LogP contribution < -0.4 is 15.4 Å². The maximum atomic E-state index is 12.8. The smallest absolute Gasteiger partial charge is 0.412 e. The summed E-state index contributed by atoms with van der Waals surface area (Å²) in [6.45, 7) is 5.60. The third-order valence-corrected chi connectivity index (χ3v) is 4.20. The van der Waals surface area contributed by atoms with Gasteiger partial charge in [0, 0.05) is 23.5 Å². The molecule has 0 bridgehead atoms. The summed E-state index contributed by atoms with van der Waals surface area (Å²) in [6, 6.07) is 15.0. The molecule has 8 heteroatoms. The number of hydrogen-bond donors (Lipinski definition) is 2. The van der Waals surface area contributed by atoms with Crippen molar-refractivity contribution in [1.82, 2.24) is 4.98 Å². The molecule has 0 atom stereocenters. The molecular formula is C24H23N3O5. The van der Waals surface area contributed by atoms with Crippen molar-refractivity contribution in [2.45, 2.75) is 26.4 Å². The number of aromatic nitrogens is 1. The quantitative estimate of drug-likeness (QED) is 0.537. The minimum atomic E-state index is -0.672. The van der Waals surface area contributed by atoms with Crippen LogP contribution in [0.5, 0.6) is 5.75 Å². The van der Waals surface area contributed by atoms with Gasteiger partial charge in [0.1, 0.15) is 11.4 Å². The van der Waals surface area contributed by atoms with Gasteiger partial charge in [-0.15, -0.1) is 0 Å². The zero-order chi connectivity index (χ0) is 23.1. The van der Waals surface area contributed by atoms with Crippen LogP contribution in [-0.4, -0.2) is 29.1 Å². The van der Waals surface area contributed by atoms with Crippen molar-refractivity contribution in [2.24, 2.45) is 0 Å². The number of amides is 2. The molecule has 8 nitrogen and oxygen atoms in total. The largest absolute Gasteiger partial charge is 0.444 e. The molecule has 0 radical (unpaired) electrons. The number of nitrogens with one attached hydrogen (secondary N) is 2. The van der Waals surface area contributed by atoms with Crippen LogP contribution in [0.3, 0.4) is 0 Å². The van der Waals surface area contributed by atoms with Crippen LogP contribution in [0.25, 0.3) is 11.1 Å². The van der Waals surface area contributed by atoms with Gasteiger partial charge in [-0.3, -0.25) is 19.9 Å². The van der Waals surface area contributed by atoms with Gasteiger partial charge >= 0.3 is 6.09 Å². The monoisotopic (exact) mass is 433 g/mol. The molecule has 1 heterocycles. The molecule has 2 amide bonds. The Balaban J connectivity index is 1.89. The second-order valence-corrected chi connectivity index (χ2v) is 7.82. The van der Waals surface area contributed by atoms with Gasteiger partial charge in [-0.2, -0.15) is 0 Å². The summed E-state index contributed by atoms with van der Waals surface area (Å²) in [4.78, 5) is 39.7. The van der Waals surface area contributed by atoms with Crippen molar-refractivity contribution in [2.75, 3.05) is 10.6 Å². The highest BCUT2D eigenvalue weighted by Crippen LogP contribution is 2.30. The molecule has 0 aliphatic rings. The Labute approximate surface area is 185 Å². The molecule has 1 aromatic heterocycles. The fraction of sp³-hybridized carbons (Fsp3) is 0.167. The average molecular weight is 433 g/mol. The highest BCUT2D eigenvalue weighted by molar-refractivity contribution is 6.07. The maximum absolute atomic E-state index is 12.8. The lowest BCUT2D eigenvalue weighted by molar-refractivity contribution is -0.120. The van der Waals surface area contributed by atoms with Crippen LogP contribution in [0.2, 0.25) is 0 Å². The predicted molar refractivity (Wildman–Crippen MR) is 121 cm³/mol. The molecule has 32 heavy (non-hydrogen) atoms. The van der Waals surface area contributed by atoms with Gasteiger partial charge in [0.25, 0.3) is 12.4 Å². The molecule has 0 saturated heterocycles. The number of pyridine rings is 1. The van der Waals surface area contributed by atoms with E-state index in [0.29, 0.717) is 29.2 Å². The highest BCUT2D eigenvalue weighted by atomic mass is 16.6. The van der Waals surface area contributed by atoms with Gasteiger partial charge in [-0.1, -0.05) is 12.1 Å². The van der Waals surface area contributed by atoms with E-state index in [1.54, 1.807) is 45.3 Å².